The molecule has 0 aromatic rings. The first-order valence-electron chi connectivity index (χ1n) is 6.65. The molecule has 2 atom stereocenters. The Morgan fingerprint density at radius 2 is 1.56 bits per heavy atom. The van der Waals surface area contributed by atoms with Gasteiger partial charge in [-0.1, -0.05) is 0 Å². The molecule has 0 spiro atoms. The quantitative estimate of drug-likeness (QED) is 0.699. The first-order chi connectivity index (χ1) is 7.92. The van der Waals surface area contributed by atoms with E-state index >= 15 is 0 Å². The van der Waals surface area contributed by atoms with Gasteiger partial charge in [0.25, 0.3) is 0 Å². The summed E-state index contributed by atoms with van der Waals surface area (Å²) < 4.78 is 5.37. The van der Waals surface area contributed by atoms with Crippen molar-refractivity contribution in [2.75, 3.05) is 65.6 Å². The van der Waals surface area contributed by atoms with Gasteiger partial charge in [-0.2, -0.15) is 0 Å². The van der Waals surface area contributed by atoms with Crippen molar-refractivity contribution in [3.05, 3.63) is 0 Å². The molecule has 4 nitrogen and oxygen atoms in total. The predicted molar refractivity (Wildman–Crippen MR) is 63.5 cm³/mol. The summed E-state index contributed by atoms with van der Waals surface area (Å²) in [5.74, 6) is 1.87. The zero-order chi connectivity index (χ0) is 10.8. The number of likely N-dealkylation sites (tertiary alicyclic amines) is 1. The lowest BCUT2D eigenvalue weighted by atomic mass is 10.0. The Morgan fingerprint density at radius 1 is 0.938 bits per heavy atom. The Kier molecular flexibility index (Phi) is 3.43. The maximum atomic E-state index is 5.37. The van der Waals surface area contributed by atoms with E-state index in [2.05, 4.69) is 15.1 Å². The van der Waals surface area contributed by atoms with Gasteiger partial charge in [0.15, 0.2) is 0 Å². The highest BCUT2D eigenvalue weighted by molar-refractivity contribution is 4.91. The summed E-state index contributed by atoms with van der Waals surface area (Å²) in [6.07, 6.45) is 0. The number of hydrogen-bond donors (Lipinski definition) is 1. The van der Waals surface area contributed by atoms with E-state index in [0.717, 1.165) is 38.1 Å². The molecule has 0 aromatic heterocycles. The van der Waals surface area contributed by atoms with Gasteiger partial charge in [-0.15, -0.1) is 0 Å². The van der Waals surface area contributed by atoms with Gasteiger partial charge in [-0.05, 0) is 24.9 Å². The molecule has 0 unspecified atom stereocenters. The lowest BCUT2D eigenvalue weighted by molar-refractivity contribution is 0.0341. The van der Waals surface area contributed by atoms with Crippen LogP contribution in [0.15, 0.2) is 0 Å². The van der Waals surface area contributed by atoms with E-state index < -0.39 is 0 Å². The van der Waals surface area contributed by atoms with E-state index in [-0.39, 0.29) is 0 Å². The first-order valence-corrected chi connectivity index (χ1v) is 6.65. The van der Waals surface area contributed by atoms with Crippen LogP contribution in [-0.4, -0.2) is 75.4 Å². The standard InChI is InChI=1S/C12H23N3O/c1(14-3-5-16-6-4-14)2-15-9-11-7-13-8-12(11)10-15/h11-13H,1-10H2/t11-,12+. The van der Waals surface area contributed by atoms with E-state index in [4.69, 9.17) is 4.74 Å². The summed E-state index contributed by atoms with van der Waals surface area (Å²) in [5.41, 5.74) is 0. The Balaban J connectivity index is 1.39. The minimum absolute atomic E-state index is 0.926. The first kappa shape index (κ1) is 11.0. The van der Waals surface area contributed by atoms with Crippen LogP contribution in [-0.2, 0) is 4.74 Å². The SMILES string of the molecule is C1CN(CCN2C[C@H]3CNC[C@H]3C2)CCO1. The van der Waals surface area contributed by atoms with Crippen LogP contribution in [0, 0.1) is 11.8 Å². The molecule has 16 heavy (non-hydrogen) atoms. The third-order valence-corrected chi connectivity index (χ3v) is 4.30. The molecule has 0 aliphatic carbocycles. The minimum Gasteiger partial charge on any atom is -0.379 e. The summed E-state index contributed by atoms with van der Waals surface area (Å²) in [7, 11) is 0. The van der Waals surface area contributed by atoms with E-state index in [9.17, 15) is 0 Å². The molecule has 3 aliphatic rings. The van der Waals surface area contributed by atoms with Crippen LogP contribution in [0.1, 0.15) is 0 Å². The molecular weight excluding hydrogens is 202 g/mol. The second-order valence-electron chi connectivity index (χ2n) is 5.39. The Labute approximate surface area is 97.9 Å². The second-order valence-corrected chi connectivity index (χ2v) is 5.39. The fraction of sp³-hybridized carbons (Fsp3) is 1.00. The van der Waals surface area contributed by atoms with Gasteiger partial charge in [0, 0.05) is 39.3 Å². The Hall–Kier alpha value is -0.160. The molecule has 0 amide bonds. The van der Waals surface area contributed by atoms with E-state index in [1.54, 1.807) is 0 Å². The van der Waals surface area contributed by atoms with Gasteiger partial charge < -0.3 is 15.0 Å². The van der Waals surface area contributed by atoms with Gasteiger partial charge in [-0.25, -0.2) is 0 Å². The van der Waals surface area contributed by atoms with Gasteiger partial charge in [0.1, 0.15) is 0 Å². The summed E-state index contributed by atoms with van der Waals surface area (Å²) in [4.78, 5) is 5.20. The molecule has 1 N–H and O–H groups in total. The van der Waals surface area contributed by atoms with Crippen LogP contribution in [0.25, 0.3) is 0 Å². The van der Waals surface area contributed by atoms with Crippen molar-refractivity contribution in [1.82, 2.24) is 15.1 Å². The number of nitrogens with one attached hydrogen (secondary N) is 1. The zero-order valence-electron chi connectivity index (χ0n) is 10.0. The molecule has 0 bridgehead atoms. The maximum absolute atomic E-state index is 5.37. The number of ether oxygens (including phenoxy) is 1. The Bertz CT molecular complexity index is 218. The topological polar surface area (TPSA) is 27.7 Å². The van der Waals surface area contributed by atoms with Gasteiger partial charge >= 0.3 is 0 Å². The lowest BCUT2D eigenvalue weighted by Crippen LogP contribution is -2.41. The van der Waals surface area contributed by atoms with Crippen LogP contribution < -0.4 is 5.32 Å². The molecule has 3 saturated heterocycles. The number of hydrogen-bond acceptors (Lipinski definition) is 4. The van der Waals surface area contributed by atoms with Crippen LogP contribution in [0.3, 0.4) is 0 Å². The maximum Gasteiger partial charge on any atom is 0.0594 e. The number of nitrogens with zero attached hydrogens (tertiary/aromatic N) is 2. The van der Waals surface area contributed by atoms with E-state index in [0.29, 0.717) is 0 Å². The largest absolute Gasteiger partial charge is 0.379 e. The van der Waals surface area contributed by atoms with Crippen molar-refractivity contribution in [1.29, 1.82) is 0 Å². The molecular formula is C12H23N3O. The fourth-order valence-electron chi connectivity index (χ4n) is 3.24. The highest BCUT2D eigenvalue weighted by Crippen LogP contribution is 2.25. The number of rotatable bonds is 3. The molecule has 3 fully saturated rings. The minimum atomic E-state index is 0.926. The van der Waals surface area contributed by atoms with Crippen molar-refractivity contribution >= 4 is 0 Å². The van der Waals surface area contributed by atoms with Gasteiger partial charge in [0.2, 0.25) is 0 Å². The average molecular weight is 225 g/mol. The van der Waals surface area contributed by atoms with Crippen LogP contribution in [0.4, 0.5) is 0 Å². The molecule has 0 aromatic carbocycles. The average Bonchev–Trinajstić information content (AvgIpc) is 2.88. The summed E-state index contributed by atoms with van der Waals surface area (Å²) in [6.45, 7) is 11.7. The van der Waals surface area contributed by atoms with Crippen molar-refractivity contribution in [2.45, 2.75) is 0 Å². The fourth-order valence-corrected chi connectivity index (χ4v) is 3.24. The molecule has 3 aliphatic heterocycles. The summed E-state index contributed by atoms with van der Waals surface area (Å²) >= 11 is 0. The highest BCUT2D eigenvalue weighted by atomic mass is 16.5. The third kappa shape index (κ3) is 2.40. The lowest BCUT2D eigenvalue weighted by Gasteiger charge is -2.28. The monoisotopic (exact) mass is 225 g/mol. The van der Waals surface area contributed by atoms with Crippen molar-refractivity contribution in [3.63, 3.8) is 0 Å². The van der Waals surface area contributed by atoms with Gasteiger partial charge in [0.05, 0.1) is 13.2 Å². The molecule has 92 valence electrons. The molecule has 0 radical (unpaired) electrons. The van der Waals surface area contributed by atoms with Crippen molar-refractivity contribution in [2.24, 2.45) is 11.8 Å². The molecule has 4 heteroatoms. The van der Waals surface area contributed by atoms with Crippen LogP contribution in [0.5, 0.6) is 0 Å². The van der Waals surface area contributed by atoms with Crippen molar-refractivity contribution in [3.8, 4) is 0 Å². The van der Waals surface area contributed by atoms with E-state index in [1.807, 2.05) is 0 Å². The third-order valence-electron chi connectivity index (χ3n) is 4.30. The molecule has 0 saturated carbocycles. The van der Waals surface area contributed by atoms with Crippen molar-refractivity contribution < 1.29 is 4.74 Å². The second kappa shape index (κ2) is 5.00. The van der Waals surface area contributed by atoms with E-state index in [1.165, 1.54) is 39.3 Å². The van der Waals surface area contributed by atoms with Gasteiger partial charge in [-0.3, -0.25) is 4.90 Å². The molecule has 3 rings (SSSR count). The zero-order valence-corrected chi connectivity index (χ0v) is 10.0. The van der Waals surface area contributed by atoms with Crippen LogP contribution in [0.2, 0.25) is 0 Å². The number of morpholine rings is 1. The Morgan fingerprint density at radius 3 is 2.25 bits per heavy atom. The predicted octanol–water partition coefficient (Wildman–Crippen LogP) is -0.530. The number of fused-ring (bicyclic) bond motifs is 1. The molecule has 3 heterocycles. The summed E-state index contributed by atoms with van der Waals surface area (Å²) in [5, 5.41) is 3.50. The normalized spacial score (nSPS) is 36.8. The van der Waals surface area contributed by atoms with Crippen LogP contribution >= 0.6 is 0 Å². The summed E-state index contributed by atoms with van der Waals surface area (Å²) in [6, 6.07) is 0. The smallest absolute Gasteiger partial charge is 0.0594 e. The highest BCUT2D eigenvalue weighted by Gasteiger charge is 2.35.